The molecule has 3 aliphatic heterocycles. The van der Waals surface area contributed by atoms with Crippen molar-refractivity contribution in [2.75, 3.05) is 48.4 Å². The monoisotopic (exact) mass is 529 g/mol. The van der Waals surface area contributed by atoms with Gasteiger partial charge in [0.1, 0.15) is 17.4 Å². The number of hydrogen-bond donors (Lipinski definition) is 1. The van der Waals surface area contributed by atoms with Gasteiger partial charge in [-0.15, -0.1) is 0 Å². The molecule has 1 saturated heterocycles. The smallest absolute Gasteiger partial charge is 0.322 e. The number of aromatic nitrogens is 1. The van der Waals surface area contributed by atoms with Crippen LogP contribution in [0.3, 0.4) is 0 Å². The summed E-state index contributed by atoms with van der Waals surface area (Å²) >= 11 is 0. The predicted molar refractivity (Wildman–Crippen MR) is 148 cm³/mol. The lowest BCUT2D eigenvalue weighted by Crippen LogP contribution is -2.49. The Balaban J connectivity index is 1.11. The van der Waals surface area contributed by atoms with Crippen LogP contribution in [0.2, 0.25) is 0 Å². The van der Waals surface area contributed by atoms with E-state index in [2.05, 4.69) is 15.2 Å². The van der Waals surface area contributed by atoms with Crippen molar-refractivity contribution in [2.24, 2.45) is 0 Å². The zero-order valence-electron chi connectivity index (χ0n) is 22.2. The molecular formula is C30H32FN5O3. The highest BCUT2D eigenvalue weighted by molar-refractivity contribution is 6.07. The number of anilines is 3. The first-order chi connectivity index (χ1) is 18.9. The van der Waals surface area contributed by atoms with Gasteiger partial charge in [-0.05, 0) is 91.8 Å². The van der Waals surface area contributed by atoms with Crippen LogP contribution in [-0.4, -0.2) is 61.2 Å². The predicted octanol–water partition coefficient (Wildman–Crippen LogP) is 4.80. The number of urea groups is 1. The van der Waals surface area contributed by atoms with Crippen LogP contribution in [0.1, 0.15) is 39.9 Å². The Morgan fingerprint density at radius 1 is 1.05 bits per heavy atom. The van der Waals surface area contributed by atoms with E-state index in [1.54, 1.807) is 37.3 Å². The fraction of sp³-hybridized carbons (Fsp3) is 0.367. The number of piperidine rings is 1. The van der Waals surface area contributed by atoms with E-state index in [0.717, 1.165) is 66.4 Å². The van der Waals surface area contributed by atoms with Gasteiger partial charge in [-0.25, -0.2) is 14.2 Å². The SMILES string of the molecule is COc1ccc2c(c1)CCN(C1CCN(c3cc(C(=O)N4CCc5c4ccc(F)c5C)ccn3)CC1)C(=O)N2. The number of hydrogen-bond acceptors (Lipinski definition) is 5. The van der Waals surface area contributed by atoms with E-state index in [1.807, 2.05) is 29.2 Å². The molecule has 1 N–H and O–H groups in total. The first-order valence-electron chi connectivity index (χ1n) is 13.5. The molecule has 1 fully saturated rings. The van der Waals surface area contributed by atoms with Crippen LogP contribution in [0.15, 0.2) is 48.7 Å². The fourth-order valence-corrected chi connectivity index (χ4v) is 6.03. The number of nitrogens with zero attached hydrogens (tertiary/aromatic N) is 4. The molecule has 2 aromatic carbocycles. The quantitative estimate of drug-likeness (QED) is 0.526. The minimum atomic E-state index is -0.236. The number of amides is 3. The van der Waals surface area contributed by atoms with Gasteiger partial charge in [0.25, 0.3) is 5.91 Å². The van der Waals surface area contributed by atoms with Gasteiger partial charge in [-0.2, -0.15) is 0 Å². The van der Waals surface area contributed by atoms with Crippen LogP contribution < -0.4 is 19.9 Å². The molecule has 0 unspecified atom stereocenters. The van der Waals surface area contributed by atoms with Crippen LogP contribution >= 0.6 is 0 Å². The van der Waals surface area contributed by atoms with Crippen molar-refractivity contribution < 1.29 is 18.7 Å². The third kappa shape index (κ3) is 4.66. The summed E-state index contributed by atoms with van der Waals surface area (Å²) in [7, 11) is 1.64. The lowest BCUT2D eigenvalue weighted by atomic mass is 10.0. The number of carbonyl (C=O) groups is 2. The summed E-state index contributed by atoms with van der Waals surface area (Å²) in [5, 5.41) is 3.07. The van der Waals surface area contributed by atoms with Crippen molar-refractivity contribution in [1.29, 1.82) is 0 Å². The molecule has 0 radical (unpaired) electrons. The van der Waals surface area contributed by atoms with Gasteiger partial charge in [0.2, 0.25) is 0 Å². The summed E-state index contributed by atoms with van der Waals surface area (Å²) in [6.45, 7) is 4.44. The van der Waals surface area contributed by atoms with Crippen molar-refractivity contribution in [1.82, 2.24) is 9.88 Å². The van der Waals surface area contributed by atoms with Crippen LogP contribution in [-0.2, 0) is 12.8 Å². The molecule has 8 nitrogen and oxygen atoms in total. The van der Waals surface area contributed by atoms with Crippen molar-refractivity contribution in [3.8, 4) is 5.75 Å². The Labute approximate surface area is 227 Å². The third-order valence-corrected chi connectivity index (χ3v) is 8.29. The number of nitrogens with one attached hydrogen (secondary N) is 1. The second kappa shape index (κ2) is 10.2. The van der Waals surface area contributed by atoms with Gasteiger partial charge in [0, 0.05) is 55.4 Å². The normalized spacial score (nSPS) is 17.4. The summed E-state index contributed by atoms with van der Waals surface area (Å²) in [5.74, 6) is 1.21. The third-order valence-electron chi connectivity index (χ3n) is 8.29. The van der Waals surface area contributed by atoms with E-state index in [4.69, 9.17) is 4.74 Å². The van der Waals surface area contributed by atoms with Gasteiger partial charge in [-0.3, -0.25) is 4.79 Å². The molecule has 3 aromatic rings. The largest absolute Gasteiger partial charge is 0.497 e. The van der Waals surface area contributed by atoms with Gasteiger partial charge >= 0.3 is 6.03 Å². The highest BCUT2D eigenvalue weighted by Crippen LogP contribution is 2.34. The molecule has 1 aromatic heterocycles. The average molecular weight is 530 g/mol. The van der Waals surface area contributed by atoms with E-state index in [9.17, 15) is 14.0 Å². The van der Waals surface area contributed by atoms with Crippen molar-refractivity contribution in [3.05, 3.63) is 76.7 Å². The number of fused-ring (bicyclic) bond motifs is 2. The lowest BCUT2D eigenvalue weighted by molar-refractivity contribution is 0.0989. The number of benzene rings is 2. The Hall–Kier alpha value is -4.14. The number of halogens is 1. The van der Waals surface area contributed by atoms with Gasteiger partial charge in [0.05, 0.1) is 7.11 Å². The Morgan fingerprint density at radius 3 is 2.67 bits per heavy atom. The molecule has 202 valence electrons. The molecule has 6 rings (SSSR count). The van der Waals surface area contributed by atoms with Crippen molar-refractivity contribution in [2.45, 2.75) is 38.6 Å². The molecule has 4 heterocycles. The molecule has 39 heavy (non-hydrogen) atoms. The molecule has 3 amide bonds. The maximum atomic E-state index is 14.0. The maximum absolute atomic E-state index is 14.0. The Kier molecular flexibility index (Phi) is 6.58. The average Bonchev–Trinajstić information content (AvgIpc) is 3.33. The number of carbonyl (C=O) groups excluding carboxylic acids is 2. The zero-order chi connectivity index (χ0) is 27.1. The molecule has 0 aliphatic carbocycles. The summed E-state index contributed by atoms with van der Waals surface area (Å²) < 4.78 is 19.4. The minimum Gasteiger partial charge on any atom is -0.497 e. The summed E-state index contributed by atoms with van der Waals surface area (Å²) in [6, 6.07) is 12.5. The molecule has 0 saturated carbocycles. The second-order valence-electron chi connectivity index (χ2n) is 10.4. The van der Waals surface area contributed by atoms with Crippen LogP contribution in [0.25, 0.3) is 0 Å². The number of pyridine rings is 1. The number of methoxy groups -OCH3 is 1. The first kappa shape index (κ1) is 25.2. The number of ether oxygens (including phenoxy) is 1. The van der Waals surface area contributed by atoms with Crippen LogP contribution in [0, 0.1) is 12.7 Å². The van der Waals surface area contributed by atoms with E-state index in [0.29, 0.717) is 30.6 Å². The molecule has 0 spiro atoms. The second-order valence-corrected chi connectivity index (χ2v) is 10.4. The lowest BCUT2D eigenvalue weighted by Gasteiger charge is -2.38. The van der Waals surface area contributed by atoms with Crippen molar-refractivity contribution in [3.63, 3.8) is 0 Å². The topological polar surface area (TPSA) is 78.0 Å². The Bertz CT molecular complexity index is 1440. The van der Waals surface area contributed by atoms with Crippen molar-refractivity contribution >= 4 is 29.1 Å². The summed E-state index contributed by atoms with van der Waals surface area (Å²) in [6.07, 6.45) is 4.73. The summed E-state index contributed by atoms with van der Waals surface area (Å²) in [5.41, 5.74) is 4.79. The highest BCUT2D eigenvalue weighted by atomic mass is 19.1. The minimum absolute atomic E-state index is 0.0656. The Morgan fingerprint density at radius 2 is 1.87 bits per heavy atom. The maximum Gasteiger partial charge on any atom is 0.322 e. The fourth-order valence-electron chi connectivity index (χ4n) is 6.03. The molecular weight excluding hydrogens is 497 g/mol. The van der Waals surface area contributed by atoms with Gasteiger partial charge in [-0.1, -0.05) is 0 Å². The van der Waals surface area contributed by atoms with E-state index in [-0.39, 0.29) is 23.8 Å². The van der Waals surface area contributed by atoms with Gasteiger partial charge < -0.3 is 24.8 Å². The van der Waals surface area contributed by atoms with Gasteiger partial charge in [0.15, 0.2) is 0 Å². The molecule has 9 heteroatoms. The van der Waals surface area contributed by atoms with Crippen LogP contribution in [0.4, 0.5) is 26.4 Å². The standard InChI is InChI=1S/C30H32FN5O3/c1-19-24-11-16-36(27(24)6-4-25(19)31)29(37)21-7-12-32-28(18-21)34-13-9-22(10-14-34)35-15-8-20-17-23(39-2)3-5-26(20)33-30(35)38/h3-7,12,17-18,22H,8-11,13-16H2,1-2H3,(H,33,38). The molecule has 3 aliphatic rings. The van der Waals surface area contributed by atoms with E-state index < -0.39 is 0 Å². The van der Waals surface area contributed by atoms with E-state index in [1.165, 1.54) is 6.07 Å². The number of rotatable bonds is 4. The first-order valence-corrected chi connectivity index (χ1v) is 13.5. The molecule has 0 atom stereocenters. The zero-order valence-corrected chi connectivity index (χ0v) is 22.2. The molecule has 0 bridgehead atoms. The highest BCUT2D eigenvalue weighted by Gasteiger charge is 2.32. The summed E-state index contributed by atoms with van der Waals surface area (Å²) in [4.78, 5) is 36.9. The van der Waals surface area contributed by atoms with E-state index >= 15 is 0 Å². The van der Waals surface area contributed by atoms with Crippen LogP contribution in [0.5, 0.6) is 5.75 Å².